The number of anilines is 1. The Morgan fingerprint density at radius 2 is 1.97 bits per heavy atom. The molecular weight excluding hydrogens is 481 g/mol. The molecule has 0 aliphatic carbocycles. The third-order valence-electron chi connectivity index (χ3n) is 5.31. The number of carbonyl (C=O) groups excluding carboxylic acids is 1. The van der Waals surface area contributed by atoms with Crippen LogP contribution < -0.4 is 14.8 Å². The molecule has 1 heterocycles. The highest BCUT2D eigenvalue weighted by molar-refractivity contribution is 6.33. The van der Waals surface area contributed by atoms with E-state index in [0.29, 0.717) is 18.9 Å². The van der Waals surface area contributed by atoms with Crippen molar-refractivity contribution in [3.05, 3.63) is 112 Å². The van der Waals surface area contributed by atoms with Crippen molar-refractivity contribution in [2.45, 2.75) is 20.1 Å². The summed E-state index contributed by atoms with van der Waals surface area (Å²) in [6.45, 7) is 2.65. The van der Waals surface area contributed by atoms with Gasteiger partial charge in [0.2, 0.25) is 5.91 Å². The van der Waals surface area contributed by atoms with Crippen molar-refractivity contribution >= 4 is 29.4 Å². The lowest BCUT2D eigenvalue weighted by atomic mass is 10.1. The van der Waals surface area contributed by atoms with Crippen LogP contribution in [-0.2, 0) is 17.9 Å². The largest absolute Gasteiger partial charge is 0.496 e. The average molecular weight is 506 g/mol. The van der Waals surface area contributed by atoms with Gasteiger partial charge in [0, 0.05) is 17.8 Å². The number of hydrogen-bond donors (Lipinski definition) is 1. The summed E-state index contributed by atoms with van der Waals surface area (Å²) >= 11 is 6.23. The Morgan fingerprint density at radius 3 is 2.75 bits per heavy atom. The molecule has 1 aromatic heterocycles. The first kappa shape index (κ1) is 25.0. The van der Waals surface area contributed by atoms with Gasteiger partial charge in [-0.3, -0.25) is 9.48 Å². The van der Waals surface area contributed by atoms with E-state index < -0.39 is 0 Å². The standard InChI is InChI=1S/C28H25ClFN3O3/c1-19-5-3-8-24(13-19)36-18-22-14-20(9-11-26(22)35-2)10-12-27(34)31-28-25(29)17-33(32-28)16-21-6-4-7-23(30)15-21/h3-15,17H,16,18H2,1-2H3,(H,31,32,34)/b12-10+. The van der Waals surface area contributed by atoms with Crippen LogP contribution in [0.1, 0.15) is 22.3 Å². The van der Waals surface area contributed by atoms with Crippen LogP contribution in [0.2, 0.25) is 5.02 Å². The number of hydrogen-bond acceptors (Lipinski definition) is 4. The van der Waals surface area contributed by atoms with Gasteiger partial charge in [-0.05, 0) is 66.1 Å². The fourth-order valence-corrected chi connectivity index (χ4v) is 3.79. The highest BCUT2D eigenvalue weighted by atomic mass is 35.5. The van der Waals surface area contributed by atoms with Crippen LogP contribution in [0.15, 0.2) is 79.0 Å². The molecule has 0 aliphatic rings. The Bertz CT molecular complexity index is 1400. The third-order valence-corrected chi connectivity index (χ3v) is 5.58. The first-order valence-electron chi connectivity index (χ1n) is 11.2. The van der Waals surface area contributed by atoms with Crippen LogP contribution in [0, 0.1) is 12.7 Å². The smallest absolute Gasteiger partial charge is 0.249 e. The molecule has 184 valence electrons. The third kappa shape index (κ3) is 6.73. The maximum atomic E-state index is 13.4. The molecular formula is C28H25ClFN3O3. The van der Waals surface area contributed by atoms with Crippen LogP contribution in [0.3, 0.4) is 0 Å². The molecule has 0 bridgehead atoms. The van der Waals surface area contributed by atoms with Crippen LogP contribution in [0.25, 0.3) is 6.08 Å². The summed E-state index contributed by atoms with van der Waals surface area (Å²) in [7, 11) is 1.60. The molecule has 0 atom stereocenters. The van der Waals surface area contributed by atoms with Gasteiger partial charge in [-0.15, -0.1) is 0 Å². The van der Waals surface area contributed by atoms with Crippen molar-refractivity contribution in [1.29, 1.82) is 0 Å². The topological polar surface area (TPSA) is 65.4 Å². The SMILES string of the molecule is COc1ccc(/C=C/C(=O)Nc2nn(Cc3cccc(F)c3)cc2Cl)cc1COc1cccc(C)c1. The quantitative estimate of drug-likeness (QED) is 0.272. The Labute approximate surface area is 213 Å². The fraction of sp³-hybridized carbons (Fsp3) is 0.143. The molecule has 4 rings (SSSR count). The van der Waals surface area contributed by atoms with Crippen molar-refractivity contribution < 1.29 is 18.7 Å². The molecule has 0 fully saturated rings. The van der Waals surface area contributed by atoms with Crippen molar-refractivity contribution in [2.75, 3.05) is 12.4 Å². The highest BCUT2D eigenvalue weighted by Crippen LogP contribution is 2.24. The molecule has 0 saturated heterocycles. The lowest BCUT2D eigenvalue weighted by Gasteiger charge is -2.11. The van der Waals surface area contributed by atoms with Crippen molar-refractivity contribution in [3.63, 3.8) is 0 Å². The van der Waals surface area contributed by atoms with E-state index in [1.165, 1.54) is 18.2 Å². The van der Waals surface area contributed by atoms with E-state index in [0.717, 1.165) is 28.0 Å². The lowest BCUT2D eigenvalue weighted by molar-refractivity contribution is -0.111. The molecule has 0 unspecified atom stereocenters. The summed E-state index contributed by atoms with van der Waals surface area (Å²) in [4.78, 5) is 12.5. The molecule has 0 saturated carbocycles. The van der Waals surface area contributed by atoms with E-state index in [2.05, 4.69) is 10.4 Å². The first-order chi connectivity index (χ1) is 17.4. The minimum Gasteiger partial charge on any atom is -0.496 e. The maximum Gasteiger partial charge on any atom is 0.249 e. The van der Waals surface area contributed by atoms with E-state index in [4.69, 9.17) is 21.1 Å². The highest BCUT2D eigenvalue weighted by Gasteiger charge is 2.10. The summed E-state index contributed by atoms with van der Waals surface area (Å²) in [5.41, 5.74) is 3.49. The van der Waals surface area contributed by atoms with Gasteiger partial charge in [-0.2, -0.15) is 5.10 Å². The summed E-state index contributed by atoms with van der Waals surface area (Å²) in [6.07, 6.45) is 4.66. The Hall–Kier alpha value is -4.10. The second-order valence-electron chi connectivity index (χ2n) is 8.15. The van der Waals surface area contributed by atoms with Gasteiger partial charge in [0.05, 0.1) is 13.7 Å². The zero-order valence-electron chi connectivity index (χ0n) is 19.9. The number of amides is 1. The maximum absolute atomic E-state index is 13.4. The van der Waals surface area contributed by atoms with Gasteiger partial charge in [0.25, 0.3) is 0 Å². The number of benzene rings is 3. The first-order valence-corrected chi connectivity index (χ1v) is 11.6. The summed E-state index contributed by atoms with van der Waals surface area (Å²) in [5, 5.41) is 7.25. The van der Waals surface area contributed by atoms with Crippen LogP contribution in [0.4, 0.5) is 10.2 Å². The molecule has 0 aliphatic heterocycles. The van der Waals surface area contributed by atoms with Gasteiger partial charge in [0.1, 0.15) is 28.9 Å². The van der Waals surface area contributed by atoms with E-state index >= 15 is 0 Å². The molecule has 1 N–H and O–H groups in total. The van der Waals surface area contributed by atoms with Gasteiger partial charge in [0.15, 0.2) is 5.82 Å². The summed E-state index contributed by atoms with van der Waals surface area (Å²) in [6, 6.07) is 19.6. The van der Waals surface area contributed by atoms with Crippen LogP contribution in [-0.4, -0.2) is 22.8 Å². The molecule has 3 aromatic carbocycles. The van der Waals surface area contributed by atoms with Gasteiger partial charge in [-0.25, -0.2) is 4.39 Å². The molecule has 8 heteroatoms. The van der Waals surface area contributed by atoms with Crippen molar-refractivity contribution in [2.24, 2.45) is 0 Å². The summed E-state index contributed by atoms with van der Waals surface area (Å²) in [5.74, 6) is 0.977. The Balaban J connectivity index is 1.40. The van der Waals surface area contributed by atoms with Gasteiger partial charge < -0.3 is 14.8 Å². The molecule has 0 spiro atoms. The van der Waals surface area contributed by atoms with E-state index in [1.54, 1.807) is 36.2 Å². The predicted molar refractivity (Wildman–Crippen MR) is 139 cm³/mol. The number of nitrogens with zero attached hydrogens (tertiary/aromatic N) is 2. The minimum absolute atomic E-state index is 0.227. The minimum atomic E-state index is -0.388. The zero-order chi connectivity index (χ0) is 25.5. The normalized spacial score (nSPS) is 11.0. The number of carbonyl (C=O) groups is 1. The van der Waals surface area contributed by atoms with Crippen LogP contribution in [0.5, 0.6) is 11.5 Å². The monoisotopic (exact) mass is 505 g/mol. The van der Waals surface area contributed by atoms with Gasteiger partial charge in [-0.1, -0.05) is 41.9 Å². The van der Waals surface area contributed by atoms with Crippen molar-refractivity contribution in [3.8, 4) is 11.5 Å². The molecule has 0 radical (unpaired) electrons. The fourth-order valence-electron chi connectivity index (χ4n) is 3.60. The van der Waals surface area contributed by atoms with Gasteiger partial charge >= 0.3 is 0 Å². The number of aryl methyl sites for hydroxylation is 1. The zero-order valence-corrected chi connectivity index (χ0v) is 20.6. The number of halogens is 2. The Kier molecular flexibility index (Phi) is 8.02. The van der Waals surface area contributed by atoms with Crippen LogP contribution >= 0.6 is 11.6 Å². The Morgan fingerprint density at radius 1 is 1.14 bits per heavy atom. The van der Waals surface area contributed by atoms with Crippen molar-refractivity contribution in [1.82, 2.24) is 9.78 Å². The number of aromatic nitrogens is 2. The molecule has 36 heavy (non-hydrogen) atoms. The number of ether oxygens (including phenoxy) is 2. The lowest BCUT2D eigenvalue weighted by Crippen LogP contribution is -2.09. The summed E-state index contributed by atoms with van der Waals surface area (Å²) < 4.78 is 26.3. The van der Waals surface area contributed by atoms with E-state index in [-0.39, 0.29) is 22.6 Å². The van der Waals surface area contributed by atoms with E-state index in [1.807, 2.05) is 49.4 Å². The number of nitrogens with one attached hydrogen (secondary N) is 1. The number of rotatable bonds is 9. The second-order valence-corrected chi connectivity index (χ2v) is 8.56. The predicted octanol–water partition coefficient (Wildman–Crippen LogP) is 6.27. The molecule has 6 nitrogen and oxygen atoms in total. The second kappa shape index (κ2) is 11.6. The molecule has 1 amide bonds. The average Bonchev–Trinajstić information content (AvgIpc) is 3.19. The molecule has 4 aromatic rings. The van der Waals surface area contributed by atoms with E-state index in [9.17, 15) is 9.18 Å². The number of methoxy groups -OCH3 is 1.